The first-order valence-corrected chi connectivity index (χ1v) is 45.4. The zero-order valence-corrected chi connectivity index (χ0v) is 70.1. The van der Waals surface area contributed by atoms with E-state index < -0.39 is 35.0 Å². The minimum absolute atomic E-state index is 0. The number of carbonyl (C=O) groups is 4. The van der Waals surface area contributed by atoms with Crippen molar-refractivity contribution >= 4 is 113 Å². The van der Waals surface area contributed by atoms with Gasteiger partial charge < -0.3 is 56.2 Å². The van der Waals surface area contributed by atoms with Crippen LogP contribution in [-0.2, 0) is 63.4 Å². The molecule has 2 N–H and O–H groups in total. The van der Waals surface area contributed by atoms with E-state index in [0.29, 0.717) is 41.0 Å². The summed E-state index contributed by atoms with van der Waals surface area (Å²) in [7, 11) is -1.29. The van der Waals surface area contributed by atoms with Gasteiger partial charge in [-0.25, -0.2) is 19.2 Å². The van der Waals surface area contributed by atoms with Gasteiger partial charge in [0.05, 0.1) is 57.9 Å². The molecule has 0 unspecified atom stereocenters. The Labute approximate surface area is 656 Å². The number of para-hydroxylation sites is 2. The normalized spacial score (nSPS) is 15.6. The van der Waals surface area contributed by atoms with Crippen LogP contribution in [0.1, 0.15) is 229 Å². The predicted molar refractivity (Wildman–Crippen MR) is 451 cm³/mol. The number of methoxy groups -OCH3 is 2. The molecule has 13 rings (SSSR count). The average Bonchev–Trinajstić information content (AvgIpc) is 1.59. The van der Waals surface area contributed by atoms with Crippen molar-refractivity contribution in [1.29, 1.82) is 0 Å². The maximum atomic E-state index is 13.3. The molecule has 0 atom stereocenters. The summed E-state index contributed by atoms with van der Waals surface area (Å²) in [6, 6.07) is 47.2. The molecule has 10 aromatic rings. The van der Waals surface area contributed by atoms with Gasteiger partial charge in [-0.2, -0.15) is 0 Å². The molecule has 4 aromatic heterocycles. The van der Waals surface area contributed by atoms with Crippen molar-refractivity contribution in [3.63, 3.8) is 0 Å². The first-order valence-electron chi connectivity index (χ1n) is 38.8. The second-order valence-corrected chi connectivity index (χ2v) is 43.8. The predicted octanol–water partition coefficient (Wildman–Crippen LogP) is 22.5. The molecule has 0 amide bonds. The molecule has 3 fully saturated rings. The fraction of sp³-hybridized carbons (Fsp3) is 0.461. The number of fused-ring (bicyclic) bond motifs is 4. The van der Waals surface area contributed by atoms with Crippen LogP contribution in [0.3, 0.4) is 0 Å². The molecule has 1 saturated heterocycles. The molecule has 0 radical (unpaired) electrons. The van der Waals surface area contributed by atoms with Crippen LogP contribution in [0.25, 0.3) is 54.9 Å². The number of nitrogens with one attached hydrogen (secondary N) is 2. The van der Waals surface area contributed by atoms with Gasteiger partial charge in [-0.3, -0.25) is 0 Å². The second kappa shape index (κ2) is 35.3. The van der Waals surface area contributed by atoms with E-state index in [1.54, 1.807) is 6.07 Å². The van der Waals surface area contributed by atoms with E-state index in [-0.39, 0.29) is 54.6 Å². The third-order valence-electron chi connectivity index (χ3n) is 23.6. The number of esters is 4. The number of aryl methyl sites for hydroxylation is 2. The molecule has 0 bridgehead atoms. The molecule has 20 heteroatoms. The highest BCUT2D eigenvalue weighted by molar-refractivity contribution is 9.10. The highest BCUT2D eigenvalue weighted by atomic mass is 79.9. The fourth-order valence-electron chi connectivity index (χ4n) is 14.6. The molecular weight excluding hydrogens is 1460 g/mol. The van der Waals surface area contributed by atoms with E-state index >= 15 is 0 Å². The van der Waals surface area contributed by atoms with Crippen LogP contribution >= 0.6 is 15.9 Å². The topological polar surface area (TPSA) is 184 Å². The van der Waals surface area contributed by atoms with Crippen LogP contribution in [0.4, 0.5) is 0 Å². The fourth-order valence-corrected chi connectivity index (χ4v) is 17.7. The Morgan fingerprint density at radius 1 is 0.523 bits per heavy atom. The number of aromatic amines is 2. The van der Waals surface area contributed by atoms with Crippen molar-refractivity contribution in [2.24, 2.45) is 0 Å². The van der Waals surface area contributed by atoms with Gasteiger partial charge in [0, 0.05) is 64.5 Å². The number of rotatable bonds is 22. The van der Waals surface area contributed by atoms with Gasteiger partial charge in [0.2, 0.25) is 0 Å². The first kappa shape index (κ1) is 83.6. The summed E-state index contributed by atoms with van der Waals surface area (Å²) in [5.41, 5.74) is 12.7. The third kappa shape index (κ3) is 19.0. The number of ether oxygens (including phenoxy) is 4. The number of halogens is 1. The Bertz CT molecular complexity index is 4780. The Kier molecular flexibility index (Phi) is 27.1. The number of carbonyl (C=O) groups excluding carboxylic acids is 4. The number of nitrogens with zero attached hydrogens (tertiary/aromatic N) is 2. The van der Waals surface area contributed by atoms with Crippen molar-refractivity contribution in [2.75, 3.05) is 27.4 Å². The molecule has 109 heavy (non-hydrogen) atoms. The molecule has 0 spiro atoms. The quantitative estimate of drug-likeness (QED) is 0.0284. The molecule has 5 heterocycles. The van der Waals surface area contributed by atoms with Gasteiger partial charge >= 0.3 is 31.0 Å². The molecule has 6 aromatic carbocycles. The van der Waals surface area contributed by atoms with Crippen LogP contribution in [-0.4, -0.2) is 105 Å². The van der Waals surface area contributed by atoms with Crippen LogP contribution in [0.5, 0.6) is 0 Å². The lowest BCUT2D eigenvalue weighted by Gasteiger charge is -2.36. The third-order valence-corrected chi connectivity index (χ3v) is 33.5. The number of H-pyrrole nitrogens is 2. The lowest BCUT2D eigenvalue weighted by Crippen LogP contribution is -2.41. The Hall–Kier alpha value is -7.82. The molecule has 16 nitrogen and oxygen atoms in total. The van der Waals surface area contributed by atoms with Gasteiger partial charge in [0.1, 0.15) is 24.6 Å². The molecule has 3 aliphatic rings. The van der Waals surface area contributed by atoms with Crippen molar-refractivity contribution in [3.05, 3.63) is 195 Å². The van der Waals surface area contributed by atoms with Gasteiger partial charge in [-0.15, -0.1) is 0 Å². The smallest absolute Gasteiger partial charge is 0.465 e. The van der Waals surface area contributed by atoms with E-state index in [0.717, 1.165) is 106 Å². The Balaban J connectivity index is 0.000000183. The summed E-state index contributed by atoms with van der Waals surface area (Å²) in [6.07, 6.45) is 14.1. The van der Waals surface area contributed by atoms with Crippen molar-refractivity contribution < 1.29 is 56.3 Å². The largest absolute Gasteiger partial charge is 0.497 e. The van der Waals surface area contributed by atoms with Crippen LogP contribution in [0.2, 0.25) is 36.3 Å². The zero-order valence-electron chi connectivity index (χ0n) is 66.5. The summed E-state index contributed by atoms with van der Waals surface area (Å²) in [4.78, 5) is 57.4. The van der Waals surface area contributed by atoms with E-state index in [1.807, 2.05) is 143 Å². The number of aromatic nitrogens is 4. The zero-order chi connectivity index (χ0) is 77.5. The molecule has 2 saturated carbocycles. The average molecular weight is 1580 g/mol. The summed E-state index contributed by atoms with van der Waals surface area (Å²) in [5, 5.41) is 4.65. The van der Waals surface area contributed by atoms with Gasteiger partial charge in [0.25, 0.3) is 0 Å². The summed E-state index contributed by atoms with van der Waals surface area (Å²) >= 11 is 3.95. The first-order chi connectivity index (χ1) is 51.3. The summed E-state index contributed by atoms with van der Waals surface area (Å²) in [6.45, 7) is 34.4. The summed E-state index contributed by atoms with van der Waals surface area (Å²) in [5.74, 6) is -0.433. The lowest BCUT2D eigenvalue weighted by atomic mass is 9.78. The van der Waals surface area contributed by atoms with Crippen LogP contribution < -0.4 is 5.46 Å². The van der Waals surface area contributed by atoms with E-state index in [9.17, 15) is 19.2 Å². The minimum Gasteiger partial charge on any atom is -0.465 e. The lowest BCUT2D eigenvalue weighted by molar-refractivity contribution is 0.00578. The minimum atomic E-state index is -1.92. The number of benzene rings is 6. The van der Waals surface area contributed by atoms with Crippen LogP contribution in [0.15, 0.2) is 150 Å². The molecule has 1 aliphatic heterocycles. The second-order valence-electron chi connectivity index (χ2n) is 33.5. The van der Waals surface area contributed by atoms with Crippen molar-refractivity contribution in [1.82, 2.24) is 19.1 Å². The highest BCUT2D eigenvalue weighted by Crippen LogP contribution is 2.48. The maximum Gasteiger partial charge on any atom is 0.497 e. The van der Waals surface area contributed by atoms with Crippen LogP contribution in [0, 0.1) is 0 Å². The Morgan fingerprint density at radius 2 is 0.945 bits per heavy atom. The standard InChI is InChI=1S/C41H50N2O5Si.C25H38BrNO3Si.C22H24BNO4.CH4/c1-41(2,3)49(5,6)48-24-14-23-43-35-26-31(39(44)46-4)21-22-32(35)36(29-17-11-8-12-18-29)38(43)33-20-13-19-30-25-34(42-37(30)33)40(45)47-27-28-15-9-7-10-16-28;1-25(2,3)31(5,6)30-16-10-15-27-21-17-19(24(28)29-4)13-14-20(21)22(23(27)26)18-11-8-7-9-12-18;1-21(2)22(3,4)28-23(27-21)17-12-8-11-16-13-18(24-19(16)17)20(25)26-14-15-9-6-5-7-10-15;/h7,9-10,13,15-16,19-22,25-26,29,42H,8,11-12,14,17-18,23-24,27H2,1-6H3;13-14,17-18H,7-12,15-16H2,1-6H3;5-13,24H,14H2,1-4H3;1H4. The van der Waals surface area contributed by atoms with E-state index in [2.05, 4.69) is 127 Å². The molecule has 2 aliphatic carbocycles. The monoisotopic (exact) mass is 1580 g/mol. The maximum absolute atomic E-state index is 13.3. The number of hydrogen-bond acceptors (Lipinski definition) is 12. The SMILES string of the molecule is C.CC1(C)OB(c2cccc3cc(C(=O)OCc4ccccc4)[nH]c23)OC1(C)C.COC(=O)c1ccc2c(C3CCCCC3)c(-c3cccc4cc(C(=O)OCc5ccccc5)[nH]c34)n(CCCO[Si](C)(C)C(C)(C)C)c2c1.COC(=O)c1ccc2c(C3CCCCC3)c(Br)n(CCCO[Si](C)(C)C(C)(C)C)c2c1. The molecule has 582 valence electrons. The van der Waals surface area contributed by atoms with Gasteiger partial charge in [0.15, 0.2) is 16.6 Å². The van der Waals surface area contributed by atoms with E-state index in [1.165, 1.54) is 92.1 Å². The van der Waals surface area contributed by atoms with Crippen molar-refractivity contribution in [2.45, 2.75) is 239 Å². The van der Waals surface area contributed by atoms with E-state index in [4.69, 9.17) is 37.1 Å². The van der Waals surface area contributed by atoms with Crippen molar-refractivity contribution in [3.8, 4) is 11.3 Å². The number of hydrogen-bond donors (Lipinski definition) is 2. The highest BCUT2D eigenvalue weighted by Gasteiger charge is 2.52. The van der Waals surface area contributed by atoms with Gasteiger partial charge in [-0.05, 0) is 194 Å². The molecular formula is C89H116BBrN4O12Si2. The Morgan fingerprint density at radius 3 is 1.41 bits per heavy atom. The summed E-state index contributed by atoms with van der Waals surface area (Å²) < 4.78 is 52.6. The van der Waals surface area contributed by atoms with Gasteiger partial charge in [-0.1, -0.05) is 197 Å².